The number of rotatable bonds is 0. The standard InChI is InChI=1S/C12H16/c1-10-6-7-11-5-3-4-8-12(11,2)9-10/h3-5,8-9,11H,6-7H2,1-2H3. The second-order valence-corrected chi connectivity index (χ2v) is 4.25. The van der Waals surface area contributed by atoms with Crippen LogP contribution in [0.3, 0.4) is 0 Å². The summed E-state index contributed by atoms with van der Waals surface area (Å²) in [6, 6.07) is 0. The van der Waals surface area contributed by atoms with Crippen molar-refractivity contribution in [3.63, 3.8) is 0 Å². The second kappa shape index (κ2) is 2.62. The van der Waals surface area contributed by atoms with Crippen LogP contribution in [0.4, 0.5) is 0 Å². The smallest absolute Gasteiger partial charge is 0.0101 e. The molecule has 2 aliphatic carbocycles. The Morgan fingerprint density at radius 1 is 1.42 bits per heavy atom. The molecule has 0 aromatic rings. The second-order valence-electron chi connectivity index (χ2n) is 4.25. The lowest BCUT2D eigenvalue weighted by atomic mass is 9.68. The molecular weight excluding hydrogens is 144 g/mol. The first kappa shape index (κ1) is 7.85. The van der Waals surface area contributed by atoms with Crippen LogP contribution in [-0.4, -0.2) is 0 Å². The molecule has 0 aromatic carbocycles. The molecule has 0 bridgehead atoms. The van der Waals surface area contributed by atoms with Crippen molar-refractivity contribution in [3.05, 3.63) is 36.0 Å². The van der Waals surface area contributed by atoms with E-state index in [9.17, 15) is 0 Å². The average molecular weight is 160 g/mol. The van der Waals surface area contributed by atoms with Gasteiger partial charge in [0.05, 0.1) is 0 Å². The fourth-order valence-corrected chi connectivity index (χ4v) is 2.34. The van der Waals surface area contributed by atoms with Gasteiger partial charge in [-0.25, -0.2) is 0 Å². The molecular formula is C12H16. The van der Waals surface area contributed by atoms with Crippen molar-refractivity contribution in [1.82, 2.24) is 0 Å². The maximum absolute atomic E-state index is 2.43. The predicted octanol–water partition coefficient (Wildman–Crippen LogP) is 3.48. The molecule has 0 fully saturated rings. The SMILES string of the molecule is CC1=CC2(C)C=CC=CC2CC1. The molecule has 2 unspecified atom stereocenters. The van der Waals surface area contributed by atoms with Crippen molar-refractivity contribution >= 4 is 0 Å². The highest BCUT2D eigenvalue weighted by Gasteiger charge is 2.31. The Kier molecular flexibility index (Phi) is 1.71. The number of fused-ring (bicyclic) bond motifs is 1. The number of hydrogen-bond acceptors (Lipinski definition) is 0. The van der Waals surface area contributed by atoms with E-state index in [0.29, 0.717) is 5.41 Å². The van der Waals surface area contributed by atoms with E-state index in [4.69, 9.17) is 0 Å². The van der Waals surface area contributed by atoms with Crippen LogP contribution in [0.1, 0.15) is 26.7 Å². The quantitative estimate of drug-likeness (QED) is 0.476. The summed E-state index contributed by atoms with van der Waals surface area (Å²) in [5.74, 6) is 0.742. The van der Waals surface area contributed by atoms with E-state index in [2.05, 4.69) is 44.2 Å². The Morgan fingerprint density at radius 3 is 3.08 bits per heavy atom. The van der Waals surface area contributed by atoms with Crippen LogP contribution < -0.4 is 0 Å². The van der Waals surface area contributed by atoms with E-state index in [1.807, 2.05) is 0 Å². The van der Waals surface area contributed by atoms with Crippen LogP contribution in [0, 0.1) is 11.3 Å². The highest BCUT2D eigenvalue weighted by molar-refractivity contribution is 5.28. The summed E-state index contributed by atoms with van der Waals surface area (Å²) in [5.41, 5.74) is 1.87. The number of hydrogen-bond donors (Lipinski definition) is 0. The predicted molar refractivity (Wildman–Crippen MR) is 52.9 cm³/mol. The molecule has 2 atom stereocenters. The molecule has 0 heteroatoms. The van der Waals surface area contributed by atoms with Crippen molar-refractivity contribution in [1.29, 1.82) is 0 Å². The summed E-state index contributed by atoms with van der Waals surface area (Å²) in [7, 11) is 0. The monoisotopic (exact) mass is 160 g/mol. The van der Waals surface area contributed by atoms with E-state index in [1.54, 1.807) is 5.57 Å². The fourth-order valence-electron chi connectivity index (χ4n) is 2.34. The van der Waals surface area contributed by atoms with E-state index < -0.39 is 0 Å². The first-order valence-corrected chi connectivity index (χ1v) is 4.75. The largest absolute Gasteiger partial charge is 0.0802 e. The van der Waals surface area contributed by atoms with E-state index in [-0.39, 0.29) is 0 Å². The molecule has 0 amide bonds. The van der Waals surface area contributed by atoms with Gasteiger partial charge in [-0.15, -0.1) is 0 Å². The summed E-state index contributed by atoms with van der Waals surface area (Å²) in [5, 5.41) is 0. The minimum absolute atomic E-state index is 0.317. The molecule has 0 aromatic heterocycles. The van der Waals surface area contributed by atoms with Gasteiger partial charge in [-0.2, -0.15) is 0 Å². The number of allylic oxidation sites excluding steroid dienone is 6. The Bertz CT molecular complexity index is 268. The van der Waals surface area contributed by atoms with Crippen molar-refractivity contribution in [2.24, 2.45) is 11.3 Å². The van der Waals surface area contributed by atoms with Gasteiger partial charge in [0.25, 0.3) is 0 Å². The average Bonchev–Trinajstić information content (AvgIpc) is 2.02. The van der Waals surface area contributed by atoms with Gasteiger partial charge in [-0.1, -0.05) is 42.9 Å². The summed E-state index contributed by atoms with van der Waals surface area (Å²) >= 11 is 0. The van der Waals surface area contributed by atoms with Gasteiger partial charge >= 0.3 is 0 Å². The van der Waals surface area contributed by atoms with Crippen LogP contribution >= 0.6 is 0 Å². The van der Waals surface area contributed by atoms with Crippen LogP contribution in [0.5, 0.6) is 0 Å². The Hall–Kier alpha value is -0.780. The van der Waals surface area contributed by atoms with Gasteiger partial charge in [0.15, 0.2) is 0 Å². The molecule has 2 rings (SSSR count). The normalized spacial score (nSPS) is 39.2. The molecule has 0 N–H and O–H groups in total. The van der Waals surface area contributed by atoms with E-state index in [1.165, 1.54) is 12.8 Å². The molecule has 0 saturated carbocycles. The van der Waals surface area contributed by atoms with Gasteiger partial charge in [-0.3, -0.25) is 0 Å². The first-order valence-electron chi connectivity index (χ1n) is 4.75. The summed E-state index contributed by atoms with van der Waals surface area (Å²) < 4.78 is 0. The van der Waals surface area contributed by atoms with Crippen LogP contribution in [0.15, 0.2) is 36.0 Å². The summed E-state index contributed by atoms with van der Waals surface area (Å²) in [6.45, 7) is 4.58. The molecule has 2 aliphatic rings. The topological polar surface area (TPSA) is 0 Å². The molecule has 0 saturated heterocycles. The van der Waals surface area contributed by atoms with Gasteiger partial charge in [0.1, 0.15) is 0 Å². The minimum atomic E-state index is 0.317. The Balaban J connectivity index is 2.36. The molecule has 0 nitrogen and oxygen atoms in total. The van der Waals surface area contributed by atoms with E-state index >= 15 is 0 Å². The zero-order valence-electron chi connectivity index (χ0n) is 7.88. The van der Waals surface area contributed by atoms with Gasteiger partial charge in [-0.05, 0) is 25.7 Å². The summed E-state index contributed by atoms with van der Waals surface area (Å²) in [4.78, 5) is 0. The third kappa shape index (κ3) is 1.16. The van der Waals surface area contributed by atoms with Crippen molar-refractivity contribution in [2.45, 2.75) is 26.7 Å². The van der Waals surface area contributed by atoms with Crippen molar-refractivity contribution in [3.8, 4) is 0 Å². The molecule has 0 heterocycles. The lowest BCUT2D eigenvalue weighted by Crippen LogP contribution is -2.26. The maximum Gasteiger partial charge on any atom is 0.0101 e. The highest BCUT2D eigenvalue weighted by Crippen LogP contribution is 2.42. The summed E-state index contributed by atoms with van der Waals surface area (Å²) in [6.07, 6.45) is 14.1. The molecule has 12 heavy (non-hydrogen) atoms. The lowest BCUT2D eigenvalue weighted by Gasteiger charge is -2.36. The molecule has 0 radical (unpaired) electrons. The Labute approximate surface area is 74.7 Å². The van der Waals surface area contributed by atoms with Gasteiger partial charge in [0.2, 0.25) is 0 Å². The minimum Gasteiger partial charge on any atom is -0.0802 e. The van der Waals surface area contributed by atoms with E-state index in [0.717, 1.165) is 5.92 Å². The molecule has 64 valence electrons. The first-order chi connectivity index (χ1) is 5.71. The van der Waals surface area contributed by atoms with Crippen LogP contribution in [-0.2, 0) is 0 Å². The van der Waals surface area contributed by atoms with Crippen molar-refractivity contribution in [2.75, 3.05) is 0 Å². The van der Waals surface area contributed by atoms with Gasteiger partial charge < -0.3 is 0 Å². The lowest BCUT2D eigenvalue weighted by molar-refractivity contribution is 0.344. The molecule has 0 aliphatic heterocycles. The third-order valence-electron chi connectivity index (χ3n) is 3.12. The Morgan fingerprint density at radius 2 is 2.25 bits per heavy atom. The highest BCUT2D eigenvalue weighted by atomic mass is 14.4. The fraction of sp³-hybridized carbons (Fsp3) is 0.500. The zero-order chi connectivity index (χ0) is 8.60. The van der Waals surface area contributed by atoms with Crippen LogP contribution in [0.25, 0.3) is 0 Å². The van der Waals surface area contributed by atoms with Crippen molar-refractivity contribution < 1.29 is 0 Å². The third-order valence-corrected chi connectivity index (χ3v) is 3.12. The van der Waals surface area contributed by atoms with Gasteiger partial charge in [0, 0.05) is 5.41 Å². The molecule has 0 spiro atoms. The maximum atomic E-state index is 2.43. The zero-order valence-corrected chi connectivity index (χ0v) is 7.88. The van der Waals surface area contributed by atoms with Crippen LogP contribution in [0.2, 0.25) is 0 Å².